The van der Waals surface area contributed by atoms with Crippen LogP contribution in [0.1, 0.15) is 23.6 Å². The highest BCUT2D eigenvalue weighted by molar-refractivity contribution is 5.39. The smallest absolute Gasteiger partial charge is 0.122 e. The zero-order valence-corrected chi connectivity index (χ0v) is 12.5. The van der Waals surface area contributed by atoms with E-state index in [1.165, 1.54) is 11.1 Å². The summed E-state index contributed by atoms with van der Waals surface area (Å²) in [6.45, 7) is 3.78. The van der Waals surface area contributed by atoms with Crippen molar-refractivity contribution >= 4 is 0 Å². The number of rotatable bonds is 5. The normalized spacial score (nSPS) is 16.3. The highest BCUT2D eigenvalue weighted by atomic mass is 16.5. The molecule has 2 N–H and O–H groups in total. The Bertz CT molecular complexity index is 634. The zero-order chi connectivity index (χ0) is 14.9. The molecule has 1 aliphatic rings. The number of aliphatic hydroxyl groups is 1. The standard InChI is InChI=1S/C16H21N3O2/c1-16(20,14-9-18-19(2)10-14)11-17-8-12-3-4-15-13(7-12)5-6-21-15/h3-4,7,9-10,17,20H,5-6,8,11H2,1-2H3. The lowest BCUT2D eigenvalue weighted by Crippen LogP contribution is -2.34. The second-order valence-corrected chi connectivity index (χ2v) is 5.82. The summed E-state index contributed by atoms with van der Waals surface area (Å²) in [6.07, 6.45) is 4.53. The molecule has 0 saturated heterocycles. The minimum Gasteiger partial charge on any atom is -0.493 e. The van der Waals surface area contributed by atoms with Crippen LogP contribution in [0.15, 0.2) is 30.6 Å². The van der Waals surface area contributed by atoms with Crippen LogP contribution in [0.4, 0.5) is 0 Å². The molecule has 1 unspecified atom stereocenters. The quantitative estimate of drug-likeness (QED) is 0.871. The number of aryl methyl sites for hydroxylation is 1. The van der Waals surface area contributed by atoms with Crippen molar-refractivity contribution in [2.24, 2.45) is 7.05 Å². The number of hydrogen-bond donors (Lipinski definition) is 2. The van der Waals surface area contributed by atoms with Gasteiger partial charge in [0, 0.05) is 38.3 Å². The van der Waals surface area contributed by atoms with Crippen molar-refractivity contribution < 1.29 is 9.84 Å². The lowest BCUT2D eigenvalue weighted by molar-refractivity contribution is 0.0566. The number of fused-ring (bicyclic) bond motifs is 1. The second-order valence-electron chi connectivity index (χ2n) is 5.82. The predicted octanol–water partition coefficient (Wildman–Crippen LogP) is 1.35. The van der Waals surface area contributed by atoms with Gasteiger partial charge in [0.1, 0.15) is 11.4 Å². The molecule has 0 bridgehead atoms. The Kier molecular flexibility index (Phi) is 3.69. The van der Waals surface area contributed by atoms with E-state index < -0.39 is 5.60 Å². The Balaban J connectivity index is 1.58. The SMILES string of the molecule is Cn1cc(C(C)(O)CNCc2ccc3c(c2)CCO3)cn1. The maximum atomic E-state index is 10.5. The summed E-state index contributed by atoms with van der Waals surface area (Å²) in [6, 6.07) is 6.27. The Labute approximate surface area is 124 Å². The number of aromatic nitrogens is 2. The van der Waals surface area contributed by atoms with Crippen molar-refractivity contribution in [1.82, 2.24) is 15.1 Å². The summed E-state index contributed by atoms with van der Waals surface area (Å²) in [5.74, 6) is 1.00. The molecule has 2 aromatic rings. The van der Waals surface area contributed by atoms with Gasteiger partial charge in [-0.25, -0.2) is 0 Å². The number of nitrogens with zero attached hydrogens (tertiary/aromatic N) is 2. The third-order valence-electron chi connectivity index (χ3n) is 3.88. The van der Waals surface area contributed by atoms with E-state index in [0.717, 1.165) is 30.9 Å². The van der Waals surface area contributed by atoms with Crippen molar-refractivity contribution in [3.8, 4) is 5.75 Å². The van der Waals surface area contributed by atoms with E-state index in [1.54, 1.807) is 17.8 Å². The monoisotopic (exact) mass is 287 g/mol. The summed E-state index contributed by atoms with van der Waals surface area (Å²) in [5, 5.41) is 17.9. The first-order valence-electron chi connectivity index (χ1n) is 7.21. The Morgan fingerprint density at radius 1 is 1.48 bits per heavy atom. The van der Waals surface area contributed by atoms with Crippen molar-refractivity contribution in [3.63, 3.8) is 0 Å². The Morgan fingerprint density at radius 3 is 3.10 bits per heavy atom. The molecule has 1 aromatic heterocycles. The first-order chi connectivity index (χ1) is 10.0. The maximum Gasteiger partial charge on any atom is 0.122 e. The molecule has 0 aliphatic carbocycles. The van der Waals surface area contributed by atoms with E-state index in [2.05, 4.69) is 22.5 Å². The van der Waals surface area contributed by atoms with Crippen molar-refractivity contribution in [2.75, 3.05) is 13.2 Å². The molecule has 0 radical (unpaired) electrons. The zero-order valence-electron chi connectivity index (χ0n) is 12.5. The largest absolute Gasteiger partial charge is 0.493 e. The van der Waals surface area contributed by atoms with Gasteiger partial charge in [-0.2, -0.15) is 5.10 Å². The fraction of sp³-hybridized carbons (Fsp3) is 0.438. The topological polar surface area (TPSA) is 59.3 Å². The van der Waals surface area contributed by atoms with Crippen molar-refractivity contribution in [1.29, 1.82) is 0 Å². The number of ether oxygens (including phenoxy) is 1. The fourth-order valence-electron chi connectivity index (χ4n) is 2.60. The van der Waals surface area contributed by atoms with Gasteiger partial charge in [-0.3, -0.25) is 4.68 Å². The molecule has 2 heterocycles. The van der Waals surface area contributed by atoms with Crippen LogP contribution in [0.5, 0.6) is 5.75 Å². The van der Waals surface area contributed by atoms with E-state index in [1.807, 2.05) is 19.3 Å². The molecule has 3 rings (SSSR count). The third kappa shape index (κ3) is 3.09. The van der Waals surface area contributed by atoms with Gasteiger partial charge in [-0.1, -0.05) is 12.1 Å². The highest BCUT2D eigenvalue weighted by Crippen LogP contribution is 2.26. The van der Waals surface area contributed by atoms with Gasteiger partial charge in [0.2, 0.25) is 0 Å². The third-order valence-corrected chi connectivity index (χ3v) is 3.88. The summed E-state index contributed by atoms with van der Waals surface area (Å²) < 4.78 is 7.20. The van der Waals surface area contributed by atoms with E-state index in [0.29, 0.717) is 6.54 Å². The van der Waals surface area contributed by atoms with Gasteiger partial charge in [0.25, 0.3) is 0 Å². The Hall–Kier alpha value is -1.85. The van der Waals surface area contributed by atoms with E-state index in [-0.39, 0.29) is 0 Å². The van der Waals surface area contributed by atoms with Crippen LogP contribution in [0.25, 0.3) is 0 Å². The minimum atomic E-state index is -0.923. The minimum absolute atomic E-state index is 0.478. The molecule has 1 aliphatic heterocycles. The van der Waals surface area contributed by atoms with Crippen molar-refractivity contribution in [2.45, 2.75) is 25.5 Å². The van der Waals surface area contributed by atoms with Gasteiger partial charge >= 0.3 is 0 Å². The van der Waals surface area contributed by atoms with Gasteiger partial charge in [0.05, 0.1) is 12.8 Å². The first-order valence-corrected chi connectivity index (χ1v) is 7.21. The number of nitrogens with one attached hydrogen (secondary N) is 1. The second kappa shape index (κ2) is 5.50. The summed E-state index contributed by atoms with van der Waals surface area (Å²) in [4.78, 5) is 0. The number of benzene rings is 1. The molecular formula is C16H21N3O2. The molecule has 21 heavy (non-hydrogen) atoms. The summed E-state index contributed by atoms with van der Waals surface area (Å²) in [5.41, 5.74) is 2.38. The molecular weight excluding hydrogens is 266 g/mol. The summed E-state index contributed by atoms with van der Waals surface area (Å²) >= 11 is 0. The predicted molar refractivity (Wildman–Crippen MR) is 80.1 cm³/mol. The van der Waals surface area contributed by atoms with E-state index in [9.17, 15) is 5.11 Å². The van der Waals surface area contributed by atoms with E-state index in [4.69, 9.17) is 4.74 Å². The molecule has 1 aromatic carbocycles. The molecule has 5 heteroatoms. The molecule has 0 spiro atoms. The van der Waals surface area contributed by atoms with Crippen LogP contribution in [-0.2, 0) is 25.6 Å². The fourth-order valence-corrected chi connectivity index (χ4v) is 2.60. The molecule has 112 valence electrons. The van der Waals surface area contributed by atoms with Crippen LogP contribution >= 0.6 is 0 Å². The maximum absolute atomic E-state index is 10.5. The summed E-state index contributed by atoms with van der Waals surface area (Å²) in [7, 11) is 1.85. The lowest BCUT2D eigenvalue weighted by Gasteiger charge is -2.22. The Morgan fingerprint density at radius 2 is 2.33 bits per heavy atom. The molecule has 5 nitrogen and oxygen atoms in total. The van der Waals surface area contributed by atoms with Crippen LogP contribution < -0.4 is 10.1 Å². The van der Waals surface area contributed by atoms with Crippen LogP contribution in [0, 0.1) is 0 Å². The van der Waals surface area contributed by atoms with Crippen molar-refractivity contribution in [3.05, 3.63) is 47.3 Å². The average Bonchev–Trinajstić information content (AvgIpc) is 3.06. The molecule has 0 saturated carbocycles. The molecule has 0 amide bonds. The molecule has 1 atom stereocenters. The van der Waals surface area contributed by atoms with Gasteiger partial charge in [-0.05, 0) is 24.1 Å². The van der Waals surface area contributed by atoms with E-state index >= 15 is 0 Å². The lowest BCUT2D eigenvalue weighted by atomic mass is 9.99. The number of hydrogen-bond acceptors (Lipinski definition) is 4. The van der Waals surface area contributed by atoms with Crippen LogP contribution in [-0.4, -0.2) is 28.0 Å². The first kappa shape index (κ1) is 14.1. The van der Waals surface area contributed by atoms with Gasteiger partial charge in [0.15, 0.2) is 0 Å². The average molecular weight is 287 g/mol. The highest BCUT2D eigenvalue weighted by Gasteiger charge is 2.24. The van der Waals surface area contributed by atoms with Crippen LogP contribution in [0.3, 0.4) is 0 Å². The van der Waals surface area contributed by atoms with Crippen LogP contribution in [0.2, 0.25) is 0 Å². The van der Waals surface area contributed by atoms with Gasteiger partial charge < -0.3 is 15.2 Å². The van der Waals surface area contributed by atoms with Gasteiger partial charge in [-0.15, -0.1) is 0 Å². The molecule has 0 fully saturated rings.